The van der Waals surface area contributed by atoms with Gasteiger partial charge < -0.3 is 19.6 Å². The van der Waals surface area contributed by atoms with Crippen LogP contribution in [-0.4, -0.2) is 60.7 Å². The number of carbonyl (C=O) groups excluding carboxylic acids is 1. The summed E-state index contributed by atoms with van der Waals surface area (Å²) in [5.41, 5.74) is 0.549. The molecule has 7 heteroatoms. The van der Waals surface area contributed by atoms with E-state index in [1.807, 2.05) is 11.9 Å². The molecule has 0 aliphatic carbocycles. The normalized spacial score (nSPS) is 16.0. The first kappa shape index (κ1) is 14.3. The van der Waals surface area contributed by atoms with Crippen LogP contribution in [0.3, 0.4) is 0 Å². The number of likely N-dealkylation sites (N-methyl/N-ethyl adjacent to an activating group) is 1. The first-order valence-electron chi connectivity index (χ1n) is 6.31. The van der Waals surface area contributed by atoms with Gasteiger partial charge in [0.2, 0.25) is 0 Å². The Morgan fingerprint density at radius 2 is 2.05 bits per heavy atom. The molecule has 0 spiro atoms. The fraction of sp³-hybridized carbons (Fsp3) is 0.462. The monoisotopic (exact) mass is 279 g/mol. The van der Waals surface area contributed by atoms with Gasteiger partial charge >= 0.3 is 5.97 Å². The zero-order valence-corrected chi connectivity index (χ0v) is 11.5. The van der Waals surface area contributed by atoms with E-state index >= 15 is 0 Å². The van der Waals surface area contributed by atoms with Crippen LogP contribution < -0.4 is 9.64 Å². The molecule has 20 heavy (non-hydrogen) atoms. The summed E-state index contributed by atoms with van der Waals surface area (Å²) in [6, 6.07) is 1.35. The number of aromatic carboxylic acids is 1. The summed E-state index contributed by atoms with van der Waals surface area (Å²) < 4.78 is 4.75. The minimum absolute atomic E-state index is 0.0528. The van der Waals surface area contributed by atoms with Gasteiger partial charge in [-0.3, -0.25) is 4.79 Å². The maximum atomic E-state index is 11.4. The van der Waals surface area contributed by atoms with E-state index in [0.29, 0.717) is 11.5 Å². The molecular formula is C13H17N3O4. The molecule has 2 heterocycles. The van der Waals surface area contributed by atoms with Gasteiger partial charge in [-0.2, -0.15) is 0 Å². The third-order valence-electron chi connectivity index (χ3n) is 3.35. The highest BCUT2D eigenvalue weighted by Gasteiger charge is 2.23. The summed E-state index contributed by atoms with van der Waals surface area (Å²) in [7, 11) is 2.02. The summed E-state index contributed by atoms with van der Waals surface area (Å²) in [6.07, 6.45) is 0. The summed E-state index contributed by atoms with van der Waals surface area (Å²) in [5, 5.41) is 9.31. The van der Waals surface area contributed by atoms with Crippen LogP contribution in [0.25, 0.3) is 0 Å². The lowest BCUT2D eigenvalue weighted by atomic mass is 10.2. The molecule has 1 fully saturated rings. The highest BCUT2D eigenvalue weighted by atomic mass is 16.5. The van der Waals surface area contributed by atoms with Gasteiger partial charge in [0, 0.05) is 32.2 Å². The van der Waals surface area contributed by atoms with Gasteiger partial charge in [0.15, 0.2) is 5.75 Å². The maximum Gasteiger partial charge on any atom is 0.339 e. The molecule has 7 nitrogen and oxygen atoms in total. The Kier molecular flexibility index (Phi) is 4.19. The van der Waals surface area contributed by atoms with Gasteiger partial charge in [-0.1, -0.05) is 0 Å². The molecule has 1 saturated heterocycles. The lowest BCUT2D eigenvalue weighted by Crippen LogP contribution is -2.45. The zero-order valence-electron chi connectivity index (χ0n) is 11.5. The number of aryl methyl sites for hydroxylation is 1. The second kappa shape index (κ2) is 5.87. The summed E-state index contributed by atoms with van der Waals surface area (Å²) >= 11 is 0. The summed E-state index contributed by atoms with van der Waals surface area (Å²) in [5.74, 6) is -0.473. The Labute approximate surface area is 116 Å². The standard InChI is InChI=1S/C13H17N3O4/c1-9-11(20-8-17)7-10(13(18)19)12(14-9)16-5-3-15(2)4-6-16/h7-8H,3-6H2,1-2H3,(H,18,19). The minimum Gasteiger partial charge on any atom is -0.478 e. The highest BCUT2D eigenvalue weighted by Crippen LogP contribution is 2.26. The van der Waals surface area contributed by atoms with Crippen molar-refractivity contribution in [2.24, 2.45) is 0 Å². The van der Waals surface area contributed by atoms with Crippen molar-refractivity contribution in [1.29, 1.82) is 0 Å². The minimum atomic E-state index is -1.08. The van der Waals surface area contributed by atoms with Crippen LogP contribution in [0.2, 0.25) is 0 Å². The van der Waals surface area contributed by atoms with Gasteiger partial charge in [0.05, 0.1) is 5.69 Å². The van der Waals surface area contributed by atoms with Gasteiger partial charge in [-0.15, -0.1) is 0 Å². The number of aromatic nitrogens is 1. The van der Waals surface area contributed by atoms with E-state index in [9.17, 15) is 14.7 Å². The first-order valence-corrected chi connectivity index (χ1v) is 6.31. The van der Waals surface area contributed by atoms with E-state index in [4.69, 9.17) is 4.74 Å². The number of hydrogen-bond donors (Lipinski definition) is 1. The molecule has 1 N–H and O–H groups in total. The summed E-state index contributed by atoms with van der Waals surface area (Å²) in [6.45, 7) is 5.10. The third kappa shape index (κ3) is 2.88. The molecule has 1 aliphatic heterocycles. The van der Waals surface area contributed by atoms with E-state index in [1.165, 1.54) is 6.07 Å². The van der Waals surface area contributed by atoms with E-state index in [-0.39, 0.29) is 17.8 Å². The number of ether oxygens (including phenoxy) is 1. The lowest BCUT2D eigenvalue weighted by molar-refractivity contribution is -0.120. The van der Waals surface area contributed by atoms with E-state index < -0.39 is 5.97 Å². The maximum absolute atomic E-state index is 11.4. The van der Waals surface area contributed by atoms with Crippen molar-refractivity contribution in [3.05, 3.63) is 17.3 Å². The predicted octanol–water partition coefficient (Wildman–Crippen LogP) is 0.375. The highest BCUT2D eigenvalue weighted by molar-refractivity contribution is 5.94. The van der Waals surface area contributed by atoms with Gasteiger partial charge in [0.25, 0.3) is 6.47 Å². The molecule has 0 saturated carbocycles. The molecule has 0 aromatic carbocycles. The van der Waals surface area contributed by atoms with Crippen molar-refractivity contribution in [2.45, 2.75) is 6.92 Å². The lowest BCUT2D eigenvalue weighted by Gasteiger charge is -2.34. The van der Waals surface area contributed by atoms with Crippen molar-refractivity contribution in [3.8, 4) is 5.75 Å². The van der Waals surface area contributed by atoms with Crippen LogP contribution in [-0.2, 0) is 4.79 Å². The number of piperazine rings is 1. The van der Waals surface area contributed by atoms with Crippen molar-refractivity contribution in [3.63, 3.8) is 0 Å². The van der Waals surface area contributed by atoms with Crippen molar-refractivity contribution >= 4 is 18.3 Å². The van der Waals surface area contributed by atoms with Gasteiger partial charge in [0.1, 0.15) is 11.4 Å². The Morgan fingerprint density at radius 1 is 1.40 bits per heavy atom. The molecule has 0 radical (unpaired) electrons. The molecule has 1 aromatic heterocycles. The van der Waals surface area contributed by atoms with Crippen molar-refractivity contribution in [2.75, 3.05) is 38.1 Å². The molecule has 0 atom stereocenters. The summed E-state index contributed by atoms with van der Waals surface area (Å²) in [4.78, 5) is 30.2. The fourth-order valence-corrected chi connectivity index (χ4v) is 2.16. The van der Waals surface area contributed by atoms with E-state index in [0.717, 1.165) is 26.2 Å². The van der Waals surface area contributed by atoms with Crippen LogP contribution in [0.15, 0.2) is 6.07 Å². The number of anilines is 1. The van der Waals surface area contributed by atoms with Crippen LogP contribution in [0.1, 0.15) is 16.1 Å². The molecule has 108 valence electrons. The molecule has 0 amide bonds. The van der Waals surface area contributed by atoms with Crippen LogP contribution in [0.4, 0.5) is 5.82 Å². The number of pyridine rings is 1. The van der Waals surface area contributed by atoms with Crippen LogP contribution >= 0.6 is 0 Å². The molecule has 1 aromatic rings. The number of carboxylic acids is 1. The number of hydrogen-bond acceptors (Lipinski definition) is 6. The molecule has 0 bridgehead atoms. The molecule has 2 rings (SSSR count). The smallest absolute Gasteiger partial charge is 0.339 e. The Morgan fingerprint density at radius 3 is 2.60 bits per heavy atom. The quantitative estimate of drug-likeness (QED) is 0.797. The first-order chi connectivity index (χ1) is 9.52. The van der Waals surface area contributed by atoms with E-state index in [1.54, 1.807) is 6.92 Å². The number of carboxylic acid groups (broad SMARTS) is 1. The Bertz CT molecular complexity index is 525. The second-order valence-electron chi connectivity index (χ2n) is 4.75. The van der Waals surface area contributed by atoms with Crippen molar-refractivity contribution < 1.29 is 19.4 Å². The second-order valence-corrected chi connectivity index (χ2v) is 4.75. The molecule has 0 unspecified atom stereocenters. The average molecular weight is 279 g/mol. The van der Waals surface area contributed by atoms with Crippen LogP contribution in [0, 0.1) is 6.92 Å². The average Bonchev–Trinajstić information content (AvgIpc) is 2.41. The topological polar surface area (TPSA) is 83.0 Å². The molecule has 1 aliphatic rings. The Hall–Kier alpha value is -2.15. The zero-order chi connectivity index (χ0) is 14.7. The SMILES string of the molecule is Cc1nc(N2CCN(C)CC2)c(C(=O)O)cc1OC=O. The van der Waals surface area contributed by atoms with E-state index in [2.05, 4.69) is 9.88 Å². The largest absolute Gasteiger partial charge is 0.478 e. The predicted molar refractivity (Wildman–Crippen MR) is 72.3 cm³/mol. The van der Waals surface area contributed by atoms with Crippen molar-refractivity contribution in [1.82, 2.24) is 9.88 Å². The Balaban J connectivity index is 2.38. The third-order valence-corrected chi connectivity index (χ3v) is 3.35. The van der Waals surface area contributed by atoms with Crippen LogP contribution in [0.5, 0.6) is 5.75 Å². The molecular weight excluding hydrogens is 262 g/mol. The number of nitrogens with zero attached hydrogens (tertiary/aromatic N) is 3. The fourth-order valence-electron chi connectivity index (χ4n) is 2.16. The van der Waals surface area contributed by atoms with Gasteiger partial charge in [-0.25, -0.2) is 9.78 Å². The van der Waals surface area contributed by atoms with Gasteiger partial charge in [-0.05, 0) is 14.0 Å². The number of carbonyl (C=O) groups is 2. The number of rotatable bonds is 4.